The summed E-state index contributed by atoms with van der Waals surface area (Å²) >= 11 is 0. The van der Waals surface area contributed by atoms with Crippen molar-refractivity contribution >= 4 is 17.4 Å². The number of carbonyl (C=O) groups excluding carboxylic acids is 2. The number of amides is 1. The summed E-state index contributed by atoms with van der Waals surface area (Å²) in [6.45, 7) is 4.29. The van der Waals surface area contributed by atoms with Crippen molar-refractivity contribution < 1.29 is 9.59 Å². The number of piperazine rings is 1. The summed E-state index contributed by atoms with van der Waals surface area (Å²) in [5, 5.41) is 9.39. The van der Waals surface area contributed by atoms with E-state index in [0.717, 1.165) is 18.0 Å². The Balaban J connectivity index is 1.55. The maximum absolute atomic E-state index is 12.6. The minimum absolute atomic E-state index is 0.00253. The highest BCUT2D eigenvalue weighted by atomic mass is 16.2. The van der Waals surface area contributed by atoms with Crippen molar-refractivity contribution in [1.82, 2.24) is 4.90 Å². The van der Waals surface area contributed by atoms with Gasteiger partial charge in [0.25, 0.3) is 0 Å². The molecule has 0 N–H and O–H groups in total. The van der Waals surface area contributed by atoms with Gasteiger partial charge in [-0.1, -0.05) is 32.1 Å². The predicted octanol–water partition coefficient (Wildman–Crippen LogP) is 3.77. The normalized spacial score (nSPS) is 18.2. The second kappa shape index (κ2) is 9.03. The summed E-state index contributed by atoms with van der Waals surface area (Å²) in [7, 11) is 0. The van der Waals surface area contributed by atoms with E-state index in [1.54, 1.807) is 18.2 Å². The van der Waals surface area contributed by atoms with Crippen LogP contribution in [0.25, 0.3) is 0 Å². The molecule has 0 radical (unpaired) electrons. The van der Waals surface area contributed by atoms with E-state index in [0.29, 0.717) is 43.7 Å². The molecular weight excluding hydrogens is 338 g/mol. The van der Waals surface area contributed by atoms with Crippen LogP contribution in [0.2, 0.25) is 0 Å². The van der Waals surface area contributed by atoms with Gasteiger partial charge in [0.15, 0.2) is 5.78 Å². The Morgan fingerprint density at radius 1 is 1.11 bits per heavy atom. The molecule has 27 heavy (non-hydrogen) atoms. The van der Waals surface area contributed by atoms with Crippen LogP contribution in [0.1, 0.15) is 67.8 Å². The minimum Gasteiger partial charge on any atom is -0.367 e. The first-order valence-corrected chi connectivity index (χ1v) is 10.2. The molecule has 1 heterocycles. The molecule has 1 aromatic rings. The summed E-state index contributed by atoms with van der Waals surface area (Å²) in [5.74, 6) is 0.993. The molecule has 5 heteroatoms. The van der Waals surface area contributed by atoms with E-state index in [2.05, 4.69) is 11.0 Å². The number of benzene rings is 1. The highest BCUT2D eigenvalue weighted by Gasteiger charge is 2.24. The van der Waals surface area contributed by atoms with Crippen molar-refractivity contribution in [3.63, 3.8) is 0 Å². The zero-order valence-corrected chi connectivity index (χ0v) is 16.2. The number of hydrogen-bond acceptors (Lipinski definition) is 4. The number of ketones is 1. The van der Waals surface area contributed by atoms with Gasteiger partial charge in [0, 0.05) is 38.2 Å². The molecule has 1 amide bonds. The molecule has 1 aromatic carbocycles. The SMILES string of the molecule is CC(=O)c1ccc(C#N)c(N2CCN(C(=O)CCC3CCCCC3)CC2)c1. The first kappa shape index (κ1) is 19.4. The Morgan fingerprint density at radius 2 is 1.81 bits per heavy atom. The smallest absolute Gasteiger partial charge is 0.222 e. The van der Waals surface area contributed by atoms with Gasteiger partial charge in [-0.15, -0.1) is 0 Å². The van der Waals surface area contributed by atoms with Gasteiger partial charge in [-0.25, -0.2) is 0 Å². The predicted molar refractivity (Wildman–Crippen MR) is 106 cm³/mol. The fourth-order valence-electron chi connectivity index (χ4n) is 4.27. The van der Waals surface area contributed by atoms with Crippen molar-refractivity contribution in [2.45, 2.75) is 51.9 Å². The lowest BCUT2D eigenvalue weighted by molar-refractivity contribution is -0.131. The molecule has 2 fully saturated rings. The van der Waals surface area contributed by atoms with Gasteiger partial charge in [-0.2, -0.15) is 5.26 Å². The molecule has 144 valence electrons. The maximum Gasteiger partial charge on any atom is 0.222 e. The van der Waals surface area contributed by atoms with Gasteiger partial charge in [-0.05, 0) is 37.5 Å². The standard InChI is InChI=1S/C22H29N3O2/c1-17(26)19-8-9-20(16-23)21(15-19)24-11-13-25(14-12-24)22(27)10-7-18-5-3-2-4-6-18/h8-9,15,18H,2-7,10-14H2,1H3. The third-order valence-corrected chi connectivity index (χ3v) is 5.99. The van der Waals surface area contributed by atoms with E-state index in [1.165, 1.54) is 39.0 Å². The Hall–Kier alpha value is -2.35. The van der Waals surface area contributed by atoms with Gasteiger partial charge in [0.05, 0.1) is 11.3 Å². The van der Waals surface area contributed by atoms with E-state index in [1.807, 2.05) is 4.90 Å². The van der Waals surface area contributed by atoms with E-state index < -0.39 is 0 Å². The van der Waals surface area contributed by atoms with Crippen molar-refractivity contribution in [3.8, 4) is 6.07 Å². The third-order valence-electron chi connectivity index (χ3n) is 5.99. The van der Waals surface area contributed by atoms with Crippen LogP contribution in [0.3, 0.4) is 0 Å². The molecule has 2 aliphatic rings. The lowest BCUT2D eigenvalue weighted by Crippen LogP contribution is -2.49. The lowest BCUT2D eigenvalue weighted by Gasteiger charge is -2.37. The lowest BCUT2D eigenvalue weighted by atomic mass is 9.86. The number of nitriles is 1. The Bertz CT molecular complexity index is 724. The topological polar surface area (TPSA) is 64.4 Å². The van der Waals surface area contributed by atoms with Crippen LogP contribution in [0.15, 0.2) is 18.2 Å². The van der Waals surface area contributed by atoms with Crippen LogP contribution in [0, 0.1) is 17.2 Å². The average Bonchev–Trinajstić information content (AvgIpc) is 2.72. The highest BCUT2D eigenvalue weighted by molar-refractivity contribution is 5.95. The Kier molecular flexibility index (Phi) is 6.49. The molecule has 0 atom stereocenters. The van der Waals surface area contributed by atoms with Gasteiger partial charge >= 0.3 is 0 Å². The molecule has 0 unspecified atom stereocenters. The Labute approximate surface area is 161 Å². The zero-order valence-electron chi connectivity index (χ0n) is 16.2. The number of Topliss-reactive ketones (excluding diaryl/α,β-unsaturated/α-hetero) is 1. The highest BCUT2D eigenvalue weighted by Crippen LogP contribution is 2.28. The summed E-state index contributed by atoms with van der Waals surface area (Å²) in [4.78, 5) is 28.3. The summed E-state index contributed by atoms with van der Waals surface area (Å²) in [6.07, 6.45) is 8.24. The molecule has 1 aliphatic carbocycles. The van der Waals surface area contributed by atoms with Crippen LogP contribution in [0.4, 0.5) is 5.69 Å². The van der Waals surface area contributed by atoms with Crippen LogP contribution in [-0.2, 0) is 4.79 Å². The minimum atomic E-state index is -0.00253. The molecule has 1 aliphatic heterocycles. The molecule has 0 bridgehead atoms. The van der Waals surface area contributed by atoms with Crippen molar-refractivity contribution in [3.05, 3.63) is 29.3 Å². The van der Waals surface area contributed by atoms with Crippen molar-refractivity contribution in [1.29, 1.82) is 5.26 Å². The molecule has 1 saturated heterocycles. The van der Waals surface area contributed by atoms with Gasteiger partial charge in [-0.3, -0.25) is 9.59 Å². The number of rotatable bonds is 5. The van der Waals surface area contributed by atoms with Gasteiger partial charge in [0.2, 0.25) is 5.91 Å². The van der Waals surface area contributed by atoms with E-state index in [4.69, 9.17) is 0 Å². The quantitative estimate of drug-likeness (QED) is 0.743. The van der Waals surface area contributed by atoms with Crippen LogP contribution >= 0.6 is 0 Å². The summed E-state index contributed by atoms with van der Waals surface area (Å²) < 4.78 is 0. The van der Waals surface area contributed by atoms with Crippen molar-refractivity contribution in [2.24, 2.45) is 5.92 Å². The summed E-state index contributed by atoms with van der Waals surface area (Å²) in [5.41, 5.74) is 2.01. The largest absolute Gasteiger partial charge is 0.367 e. The average molecular weight is 367 g/mol. The van der Waals surface area contributed by atoms with Gasteiger partial charge in [0.1, 0.15) is 6.07 Å². The number of anilines is 1. The number of nitrogens with zero attached hydrogens (tertiary/aromatic N) is 3. The second-order valence-electron chi connectivity index (χ2n) is 7.81. The van der Waals surface area contributed by atoms with Crippen LogP contribution in [-0.4, -0.2) is 42.8 Å². The van der Waals surface area contributed by atoms with E-state index >= 15 is 0 Å². The molecule has 3 rings (SSSR count). The third kappa shape index (κ3) is 4.88. The number of hydrogen-bond donors (Lipinski definition) is 0. The fourth-order valence-corrected chi connectivity index (χ4v) is 4.27. The zero-order chi connectivity index (χ0) is 19.2. The molecular formula is C22H29N3O2. The van der Waals surface area contributed by atoms with Crippen molar-refractivity contribution in [2.75, 3.05) is 31.1 Å². The summed E-state index contributed by atoms with van der Waals surface area (Å²) in [6, 6.07) is 7.44. The van der Waals surface area contributed by atoms with Crippen LogP contribution < -0.4 is 4.90 Å². The molecule has 1 saturated carbocycles. The van der Waals surface area contributed by atoms with E-state index in [-0.39, 0.29) is 11.7 Å². The molecule has 0 aromatic heterocycles. The molecule has 0 spiro atoms. The maximum atomic E-state index is 12.6. The monoisotopic (exact) mass is 367 g/mol. The van der Waals surface area contributed by atoms with Gasteiger partial charge < -0.3 is 9.80 Å². The first-order chi connectivity index (χ1) is 13.1. The second-order valence-corrected chi connectivity index (χ2v) is 7.81. The number of carbonyl (C=O) groups is 2. The van der Waals surface area contributed by atoms with E-state index in [9.17, 15) is 14.9 Å². The van der Waals surface area contributed by atoms with Crippen LogP contribution in [0.5, 0.6) is 0 Å². The first-order valence-electron chi connectivity index (χ1n) is 10.2. The fraction of sp³-hybridized carbons (Fsp3) is 0.591. The molecule has 5 nitrogen and oxygen atoms in total. The Morgan fingerprint density at radius 3 is 2.44 bits per heavy atom.